The molecule has 0 aliphatic heterocycles. The van der Waals surface area contributed by atoms with Crippen molar-refractivity contribution >= 4 is 28.5 Å². The fourth-order valence-corrected chi connectivity index (χ4v) is 1.83. The number of carbonyl (C=O) groups is 1. The van der Waals surface area contributed by atoms with Gasteiger partial charge in [0, 0.05) is 7.05 Å². The molecule has 1 aromatic carbocycles. The lowest BCUT2D eigenvalue weighted by molar-refractivity contribution is -0.121. The lowest BCUT2D eigenvalue weighted by atomic mass is 10.3. The molecule has 0 aliphatic carbocycles. The van der Waals surface area contributed by atoms with Crippen molar-refractivity contribution in [3.05, 3.63) is 30.1 Å². The second-order valence-corrected chi connectivity index (χ2v) is 3.68. The third-order valence-electron chi connectivity index (χ3n) is 2.43. The second-order valence-electron chi connectivity index (χ2n) is 3.41. The number of hydrogen-bond donors (Lipinski definition) is 1. The van der Waals surface area contributed by atoms with Gasteiger partial charge in [-0.05, 0) is 12.1 Å². The van der Waals surface area contributed by atoms with Crippen molar-refractivity contribution in [2.75, 3.05) is 7.05 Å². The molecule has 0 spiro atoms. The molecule has 4 nitrogen and oxygen atoms in total. The number of nitrogens with one attached hydrogen (secondary N) is 1. The van der Waals surface area contributed by atoms with E-state index in [2.05, 4.69) is 10.3 Å². The smallest absolute Gasteiger partial charge is 0.239 e. The molecular weight excluding hydrogens is 226 g/mol. The number of hydrogen-bond acceptors (Lipinski definition) is 2. The zero-order chi connectivity index (χ0) is 11.5. The molecule has 5 heteroatoms. The molecule has 1 N–H and O–H groups in total. The lowest BCUT2D eigenvalue weighted by Crippen LogP contribution is -2.24. The first-order valence-electron chi connectivity index (χ1n) is 4.97. The zero-order valence-corrected chi connectivity index (χ0v) is 9.66. The number of imidazole rings is 1. The third-order valence-corrected chi connectivity index (χ3v) is 2.67. The van der Waals surface area contributed by atoms with E-state index < -0.39 is 0 Å². The van der Waals surface area contributed by atoms with Gasteiger partial charge in [0.25, 0.3) is 0 Å². The predicted molar refractivity (Wildman–Crippen MR) is 63.4 cm³/mol. The highest BCUT2D eigenvalue weighted by atomic mass is 35.5. The van der Waals surface area contributed by atoms with Crippen molar-refractivity contribution in [1.29, 1.82) is 0 Å². The molecule has 0 fully saturated rings. The number of amides is 1. The van der Waals surface area contributed by atoms with Crippen LogP contribution in [-0.2, 0) is 17.2 Å². The van der Waals surface area contributed by atoms with E-state index in [1.165, 1.54) is 0 Å². The number of carbonyl (C=O) groups excluding carboxylic acids is 1. The van der Waals surface area contributed by atoms with E-state index in [4.69, 9.17) is 11.6 Å². The van der Waals surface area contributed by atoms with Crippen LogP contribution in [0.4, 0.5) is 0 Å². The normalized spacial score (nSPS) is 10.6. The Morgan fingerprint density at radius 3 is 2.94 bits per heavy atom. The highest BCUT2D eigenvalue weighted by Crippen LogP contribution is 2.16. The summed E-state index contributed by atoms with van der Waals surface area (Å²) >= 11 is 5.82. The number of likely N-dealkylation sites (N-methyl/N-ethyl adjacent to an activating group) is 1. The fraction of sp³-hybridized carbons (Fsp3) is 0.273. The summed E-state index contributed by atoms with van der Waals surface area (Å²) in [6.45, 7) is 0.249. The minimum absolute atomic E-state index is 0.0606. The van der Waals surface area contributed by atoms with Crippen molar-refractivity contribution in [2.45, 2.75) is 12.4 Å². The van der Waals surface area contributed by atoms with Crippen LogP contribution in [0.1, 0.15) is 5.82 Å². The summed E-state index contributed by atoms with van der Waals surface area (Å²) in [5.41, 5.74) is 1.80. The van der Waals surface area contributed by atoms with E-state index in [0.29, 0.717) is 11.7 Å². The molecule has 0 atom stereocenters. The lowest BCUT2D eigenvalue weighted by Gasteiger charge is -2.05. The minimum Gasteiger partial charge on any atom is -0.358 e. The van der Waals surface area contributed by atoms with Crippen LogP contribution in [0.15, 0.2) is 24.3 Å². The molecule has 0 saturated carbocycles. The summed E-state index contributed by atoms with van der Waals surface area (Å²) in [7, 11) is 1.61. The van der Waals surface area contributed by atoms with Gasteiger partial charge in [-0.3, -0.25) is 4.79 Å². The Bertz CT molecular complexity index is 521. The molecule has 1 aromatic heterocycles. The van der Waals surface area contributed by atoms with Gasteiger partial charge in [0.15, 0.2) is 0 Å². The quantitative estimate of drug-likeness (QED) is 0.823. The summed E-state index contributed by atoms with van der Waals surface area (Å²) in [5, 5.41) is 2.59. The van der Waals surface area contributed by atoms with Gasteiger partial charge >= 0.3 is 0 Å². The summed E-state index contributed by atoms with van der Waals surface area (Å²) in [4.78, 5) is 15.8. The molecule has 0 unspecified atom stereocenters. The van der Waals surface area contributed by atoms with Gasteiger partial charge in [-0.25, -0.2) is 4.98 Å². The topological polar surface area (TPSA) is 46.9 Å². The Hall–Kier alpha value is -1.55. The monoisotopic (exact) mass is 237 g/mol. The number of fused-ring (bicyclic) bond motifs is 1. The maximum Gasteiger partial charge on any atom is 0.239 e. The molecule has 1 heterocycles. The Morgan fingerprint density at radius 2 is 2.25 bits per heavy atom. The predicted octanol–water partition coefficient (Wildman–Crippen LogP) is 1.52. The first-order valence-corrected chi connectivity index (χ1v) is 5.50. The van der Waals surface area contributed by atoms with Gasteiger partial charge in [-0.15, -0.1) is 11.6 Å². The maximum atomic E-state index is 11.4. The van der Waals surface area contributed by atoms with E-state index in [1.54, 1.807) is 7.05 Å². The summed E-state index contributed by atoms with van der Waals surface area (Å²) < 4.78 is 1.83. The largest absolute Gasteiger partial charge is 0.358 e. The molecule has 1 amide bonds. The molecule has 2 aromatic rings. The number of benzene rings is 1. The van der Waals surface area contributed by atoms with Crippen molar-refractivity contribution in [3.63, 3.8) is 0 Å². The number of para-hydroxylation sites is 2. The standard InChI is InChI=1S/C11H12ClN3O/c1-13-11(16)7-15-9-5-3-2-4-8(9)14-10(15)6-12/h2-5H,6-7H2,1H3,(H,13,16). The van der Waals surface area contributed by atoms with Gasteiger partial charge in [0.05, 0.1) is 16.9 Å². The highest BCUT2D eigenvalue weighted by Gasteiger charge is 2.11. The minimum atomic E-state index is -0.0606. The molecule has 0 saturated heterocycles. The summed E-state index contributed by atoms with van der Waals surface area (Å²) in [6, 6.07) is 7.67. The molecule has 84 valence electrons. The number of alkyl halides is 1. The van der Waals surface area contributed by atoms with Gasteiger partial charge in [-0.1, -0.05) is 12.1 Å². The average molecular weight is 238 g/mol. The van der Waals surface area contributed by atoms with Gasteiger partial charge in [0.1, 0.15) is 12.4 Å². The average Bonchev–Trinajstić information content (AvgIpc) is 2.67. The fourth-order valence-electron chi connectivity index (χ4n) is 1.63. The number of aromatic nitrogens is 2. The highest BCUT2D eigenvalue weighted by molar-refractivity contribution is 6.16. The Balaban J connectivity index is 2.51. The van der Waals surface area contributed by atoms with E-state index in [9.17, 15) is 4.79 Å². The van der Waals surface area contributed by atoms with Crippen LogP contribution >= 0.6 is 11.6 Å². The van der Waals surface area contributed by atoms with Crippen molar-refractivity contribution < 1.29 is 4.79 Å². The van der Waals surface area contributed by atoms with E-state index in [1.807, 2.05) is 28.8 Å². The first kappa shape index (κ1) is 11.0. The van der Waals surface area contributed by atoms with Crippen molar-refractivity contribution in [2.24, 2.45) is 0 Å². The van der Waals surface area contributed by atoms with Crippen LogP contribution < -0.4 is 5.32 Å². The second kappa shape index (κ2) is 4.53. The van der Waals surface area contributed by atoms with E-state index in [0.717, 1.165) is 11.0 Å². The van der Waals surface area contributed by atoms with Crippen LogP contribution in [0, 0.1) is 0 Å². The van der Waals surface area contributed by atoms with Gasteiger partial charge in [-0.2, -0.15) is 0 Å². The zero-order valence-electron chi connectivity index (χ0n) is 8.90. The summed E-state index contributed by atoms with van der Waals surface area (Å²) in [6.07, 6.45) is 0. The van der Waals surface area contributed by atoms with Crippen molar-refractivity contribution in [1.82, 2.24) is 14.9 Å². The third kappa shape index (κ3) is 1.88. The SMILES string of the molecule is CNC(=O)Cn1c(CCl)nc2ccccc21. The molecule has 0 radical (unpaired) electrons. The van der Waals surface area contributed by atoms with E-state index >= 15 is 0 Å². The van der Waals surface area contributed by atoms with Gasteiger partial charge in [0.2, 0.25) is 5.91 Å². The number of nitrogens with zero attached hydrogens (tertiary/aromatic N) is 2. The Morgan fingerprint density at radius 1 is 1.50 bits per heavy atom. The first-order chi connectivity index (χ1) is 7.76. The molecule has 2 rings (SSSR count). The maximum absolute atomic E-state index is 11.4. The summed E-state index contributed by atoms with van der Waals surface area (Å²) in [5.74, 6) is 0.951. The van der Waals surface area contributed by atoms with Crippen LogP contribution in [0.5, 0.6) is 0 Å². The number of rotatable bonds is 3. The Kier molecular flexibility index (Phi) is 3.10. The Labute approximate surface area is 98.2 Å². The van der Waals surface area contributed by atoms with Crippen LogP contribution in [0.3, 0.4) is 0 Å². The molecule has 0 bridgehead atoms. The van der Waals surface area contributed by atoms with Crippen LogP contribution in [0.2, 0.25) is 0 Å². The van der Waals surface area contributed by atoms with Gasteiger partial charge < -0.3 is 9.88 Å². The van der Waals surface area contributed by atoms with Crippen LogP contribution in [0.25, 0.3) is 11.0 Å². The van der Waals surface area contributed by atoms with E-state index in [-0.39, 0.29) is 12.5 Å². The molecule has 0 aliphatic rings. The number of halogens is 1. The van der Waals surface area contributed by atoms with Crippen LogP contribution in [-0.4, -0.2) is 22.5 Å². The molecular formula is C11H12ClN3O. The van der Waals surface area contributed by atoms with Crippen molar-refractivity contribution in [3.8, 4) is 0 Å². The molecule has 16 heavy (non-hydrogen) atoms.